The fourth-order valence-electron chi connectivity index (χ4n) is 4.41. The number of nitrogens with one attached hydrogen (secondary N) is 1. The third-order valence-corrected chi connectivity index (χ3v) is 6.10. The Balaban J connectivity index is 1.48. The van der Waals surface area contributed by atoms with Crippen LogP contribution in [-0.4, -0.2) is 51.5 Å². The molecule has 1 aromatic rings. The van der Waals surface area contributed by atoms with Crippen LogP contribution in [0.5, 0.6) is 0 Å². The van der Waals surface area contributed by atoms with Gasteiger partial charge in [-0.3, -0.25) is 14.5 Å². The standard InChI is InChI=1S/C22H30N2O5/c1-4-27-19(25)16-9-11-23(12-10-16)15-24-18-8-6-5-7-17(18)22(20(24)26)28-13-21(2,3)14-29-22/h5-8,16H,4,9-15H2,1-3H3/p+1. The highest BCUT2D eigenvalue weighted by molar-refractivity contribution is 6.05. The summed E-state index contributed by atoms with van der Waals surface area (Å²) in [5.74, 6) is -1.60. The monoisotopic (exact) mass is 403 g/mol. The number of piperidine rings is 1. The Bertz CT molecular complexity index is 775. The predicted molar refractivity (Wildman–Crippen MR) is 106 cm³/mol. The summed E-state index contributed by atoms with van der Waals surface area (Å²) < 4.78 is 17.3. The molecule has 0 saturated carbocycles. The largest absolute Gasteiger partial charge is 0.466 e. The van der Waals surface area contributed by atoms with Gasteiger partial charge < -0.3 is 19.1 Å². The molecular weight excluding hydrogens is 372 g/mol. The van der Waals surface area contributed by atoms with E-state index in [9.17, 15) is 9.59 Å². The number of hydrogen-bond donors (Lipinski definition) is 1. The zero-order chi connectivity index (χ0) is 20.6. The van der Waals surface area contributed by atoms with Crippen LogP contribution < -0.4 is 9.80 Å². The second-order valence-electron chi connectivity index (χ2n) is 9.04. The third kappa shape index (κ3) is 3.67. The van der Waals surface area contributed by atoms with Crippen LogP contribution in [-0.2, 0) is 29.6 Å². The molecule has 7 heteroatoms. The van der Waals surface area contributed by atoms with Crippen LogP contribution in [0.25, 0.3) is 0 Å². The van der Waals surface area contributed by atoms with E-state index in [0.29, 0.717) is 26.5 Å². The van der Waals surface area contributed by atoms with Crippen molar-refractivity contribution < 1.29 is 28.7 Å². The molecule has 3 aliphatic heterocycles. The molecule has 1 N–H and O–H groups in total. The van der Waals surface area contributed by atoms with Crippen molar-refractivity contribution in [1.29, 1.82) is 0 Å². The molecule has 2 fully saturated rings. The molecule has 3 heterocycles. The van der Waals surface area contributed by atoms with Crippen molar-refractivity contribution in [3.05, 3.63) is 29.8 Å². The normalized spacial score (nSPS) is 27.7. The first-order valence-corrected chi connectivity index (χ1v) is 10.6. The molecule has 7 nitrogen and oxygen atoms in total. The highest BCUT2D eigenvalue weighted by Gasteiger charge is 2.57. The minimum Gasteiger partial charge on any atom is -0.466 e. The van der Waals surface area contributed by atoms with Gasteiger partial charge in [0.1, 0.15) is 0 Å². The number of likely N-dealkylation sites (tertiary alicyclic amines) is 1. The fourth-order valence-corrected chi connectivity index (χ4v) is 4.41. The van der Waals surface area contributed by atoms with E-state index in [2.05, 4.69) is 13.8 Å². The number of carbonyl (C=O) groups excluding carboxylic acids is 2. The molecule has 4 rings (SSSR count). The maximum atomic E-state index is 13.5. The van der Waals surface area contributed by atoms with Gasteiger partial charge in [-0.2, -0.15) is 0 Å². The van der Waals surface area contributed by atoms with Gasteiger partial charge in [-0.15, -0.1) is 0 Å². The first-order valence-electron chi connectivity index (χ1n) is 10.6. The number of quaternary nitrogens is 1. The Kier molecular flexibility index (Phi) is 5.40. The first kappa shape index (κ1) is 20.3. The van der Waals surface area contributed by atoms with Gasteiger partial charge in [0.2, 0.25) is 0 Å². The lowest BCUT2D eigenvalue weighted by atomic mass is 9.93. The van der Waals surface area contributed by atoms with Crippen LogP contribution in [0.2, 0.25) is 0 Å². The SMILES string of the molecule is CCOC(=O)C1CC[NH+](CN2C(=O)C3(OCC(C)(C)CO3)c3ccccc32)CC1. The van der Waals surface area contributed by atoms with Crippen molar-refractivity contribution in [3.8, 4) is 0 Å². The van der Waals surface area contributed by atoms with Gasteiger partial charge in [0.05, 0.1) is 44.5 Å². The average molecular weight is 403 g/mol. The molecule has 0 aromatic heterocycles. The molecule has 158 valence electrons. The average Bonchev–Trinajstić information content (AvgIpc) is 2.94. The Morgan fingerprint density at radius 1 is 1.21 bits per heavy atom. The molecule has 3 aliphatic rings. The predicted octanol–water partition coefficient (Wildman–Crippen LogP) is 1.07. The number of amides is 1. The van der Waals surface area contributed by atoms with Crippen molar-refractivity contribution in [2.75, 3.05) is 44.5 Å². The summed E-state index contributed by atoms with van der Waals surface area (Å²) >= 11 is 0. The summed E-state index contributed by atoms with van der Waals surface area (Å²) in [5, 5.41) is 0. The highest BCUT2D eigenvalue weighted by atomic mass is 16.7. The maximum absolute atomic E-state index is 13.5. The fraction of sp³-hybridized carbons (Fsp3) is 0.636. The first-order chi connectivity index (χ1) is 13.9. The van der Waals surface area contributed by atoms with Gasteiger partial charge in [-0.1, -0.05) is 32.0 Å². The van der Waals surface area contributed by atoms with Crippen molar-refractivity contribution in [2.24, 2.45) is 11.3 Å². The van der Waals surface area contributed by atoms with Gasteiger partial charge in [-0.05, 0) is 13.0 Å². The number of ether oxygens (including phenoxy) is 3. The van der Waals surface area contributed by atoms with Crippen LogP contribution in [0.3, 0.4) is 0 Å². The quantitative estimate of drug-likeness (QED) is 0.762. The topological polar surface area (TPSA) is 69.5 Å². The smallest absolute Gasteiger partial charge is 0.309 e. The molecule has 0 unspecified atom stereocenters. The van der Waals surface area contributed by atoms with E-state index in [1.807, 2.05) is 31.2 Å². The molecule has 0 bridgehead atoms. The van der Waals surface area contributed by atoms with Gasteiger partial charge in [0, 0.05) is 23.8 Å². The van der Waals surface area contributed by atoms with Crippen LogP contribution in [0.4, 0.5) is 5.69 Å². The van der Waals surface area contributed by atoms with E-state index >= 15 is 0 Å². The second kappa shape index (κ2) is 7.70. The van der Waals surface area contributed by atoms with Gasteiger partial charge in [0.25, 0.3) is 11.7 Å². The second-order valence-corrected chi connectivity index (χ2v) is 9.04. The number of benzene rings is 1. The number of esters is 1. The third-order valence-electron chi connectivity index (χ3n) is 6.10. The van der Waals surface area contributed by atoms with Crippen LogP contribution in [0.15, 0.2) is 24.3 Å². The number of nitrogens with zero attached hydrogens (tertiary/aromatic N) is 1. The number of fused-ring (bicyclic) bond motifs is 2. The van der Waals surface area contributed by atoms with E-state index < -0.39 is 5.79 Å². The Morgan fingerprint density at radius 2 is 1.86 bits per heavy atom. The molecule has 0 radical (unpaired) electrons. The van der Waals surface area contributed by atoms with Crippen molar-refractivity contribution >= 4 is 17.6 Å². The summed E-state index contributed by atoms with van der Waals surface area (Å²) in [6.07, 6.45) is 1.56. The molecule has 1 aromatic carbocycles. The van der Waals surface area contributed by atoms with Crippen LogP contribution in [0.1, 0.15) is 39.2 Å². The molecule has 29 heavy (non-hydrogen) atoms. The van der Waals surface area contributed by atoms with Crippen LogP contribution >= 0.6 is 0 Å². The van der Waals surface area contributed by atoms with Gasteiger partial charge >= 0.3 is 5.97 Å². The van der Waals surface area contributed by atoms with E-state index in [-0.39, 0.29) is 23.2 Å². The van der Waals surface area contributed by atoms with E-state index in [1.54, 1.807) is 4.90 Å². The molecule has 0 atom stereocenters. The molecule has 2 saturated heterocycles. The summed E-state index contributed by atoms with van der Waals surface area (Å²) in [4.78, 5) is 28.5. The Labute approximate surface area is 171 Å². The Hall–Kier alpha value is -1.96. The lowest BCUT2D eigenvalue weighted by molar-refractivity contribution is -0.904. The number of anilines is 1. The molecule has 1 amide bonds. The van der Waals surface area contributed by atoms with E-state index in [0.717, 1.165) is 37.2 Å². The summed E-state index contributed by atoms with van der Waals surface area (Å²) in [6.45, 7) is 9.54. The summed E-state index contributed by atoms with van der Waals surface area (Å²) in [5.41, 5.74) is 1.53. The number of carbonyl (C=O) groups is 2. The summed E-state index contributed by atoms with van der Waals surface area (Å²) in [6, 6.07) is 7.74. The number of para-hydroxylation sites is 1. The molecule has 1 spiro atoms. The minimum atomic E-state index is -1.32. The Morgan fingerprint density at radius 3 is 2.52 bits per heavy atom. The lowest BCUT2D eigenvalue weighted by Gasteiger charge is -2.40. The van der Waals surface area contributed by atoms with E-state index in [1.165, 1.54) is 4.90 Å². The maximum Gasteiger partial charge on any atom is 0.309 e. The van der Waals surface area contributed by atoms with Gasteiger partial charge in [-0.25, -0.2) is 0 Å². The number of hydrogen-bond acceptors (Lipinski definition) is 5. The lowest BCUT2D eigenvalue weighted by Crippen LogP contribution is -3.14. The van der Waals surface area contributed by atoms with Crippen molar-refractivity contribution in [2.45, 2.75) is 39.4 Å². The molecule has 0 aliphatic carbocycles. The van der Waals surface area contributed by atoms with E-state index in [4.69, 9.17) is 14.2 Å². The van der Waals surface area contributed by atoms with Crippen LogP contribution in [0, 0.1) is 11.3 Å². The minimum absolute atomic E-state index is 0.0288. The highest BCUT2D eigenvalue weighted by Crippen LogP contribution is 2.46. The van der Waals surface area contributed by atoms with Crippen molar-refractivity contribution in [1.82, 2.24) is 0 Å². The number of rotatable bonds is 4. The van der Waals surface area contributed by atoms with Crippen molar-refractivity contribution in [3.63, 3.8) is 0 Å². The zero-order valence-corrected chi connectivity index (χ0v) is 17.5. The molecular formula is C22H31N2O5+. The van der Waals surface area contributed by atoms with Gasteiger partial charge in [0.15, 0.2) is 6.67 Å². The summed E-state index contributed by atoms with van der Waals surface area (Å²) in [7, 11) is 0. The zero-order valence-electron chi connectivity index (χ0n) is 17.5.